The normalized spacial score (nSPS) is 9.00. The standard InChI is InChI=1S/C9H14BrNO/c1-2-3-8-11-9(12)6-4-5-7-10/h1H,3-8H2,(H,11,12). The summed E-state index contributed by atoms with van der Waals surface area (Å²) in [6.07, 6.45) is 8.23. The van der Waals surface area contributed by atoms with Crippen LogP contribution in [-0.2, 0) is 4.79 Å². The highest BCUT2D eigenvalue weighted by Crippen LogP contribution is 1.97. The highest BCUT2D eigenvalue weighted by Gasteiger charge is 1.98. The van der Waals surface area contributed by atoms with Crippen molar-refractivity contribution in [2.75, 3.05) is 11.9 Å². The Morgan fingerprint density at radius 3 is 2.83 bits per heavy atom. The first kappa shape index (κ1) is 11.5. The molecule has 0 fully saturated rings. The van der Waals surface area contributed by atoms with Crippen LogP contribution < -0.4 is 5.32 Å². The Hall–Kier alpha value is -0.490. The van der Waals surface area contributed by atoms with Gasteiger partial charge in [-0.3, -0.25) is 4.79 Å². The first-order valence-corrected chi connectivity index (χ1v) is 5.19. The Kier molecular flexibility index (Phi) is 8.25. The number of rotatable bonds is 6. The second-order valence-corrected chi connectivity index (χ2v) is 3.24. The summed E-state index contributed by atoms with van der Waals surface area (Å²) in [5.41, 5.74) is 0. The first-order chi connectivity index (χ1) is 5.81. The maximum absolute atomic E-state index is 11.0. The van der Waals surface area contributed by atoms with Gasteiger partial charge in [0.2, 0.25) is 5.91 Å². The van der Waals surface area contributed by atoms with Crippen LogP contribution in [0.25, 0.3) is 0 Å². The molecule has 0 aromatic carbocycles. The number of hydrogen-bond acceptors (Lipinski definition) is 1. The smallest absolute Gasteiger partial charge is 0.220 e. The number of unbranched alkanes of at least 4 members (excludes halogenated alkanes) is 1. The minimum Gasteiger partial charge on any atom is -0.355 e. The second kappa shape index (κ2) is 8.61. The van der Waals surface area contributed by atoms with Crippen molar-refractivity contribution in [2.24, 2.45) is 0 Å². The fraction of sp³-hybridized carbons (Fsp3) is 0.667. The van der Waals surface area contributed by atoms with E-state index in [0.29, 0.717) is 19.4 Å². The van der Waals surface area contributed by atoms with Crippen molar-refractivity contribution in [3.63, 3.8) is 0 Å². The van der Waals surface area contributed by atoms with Crippen LogP contribution in [0, 0.1) is 12.3 Å². The fourth-order valence-electron chi connectivity index (χ4n) is 0.743. The summed E-state index contributed by atoms with van der Waals surface area (Å²) in [5, 5.41) is 3.71. The molecule has 0 aliphatic carbocycles. The zero-order valence-corrected chi connectivity index (χ0v) is 8.69. The van der Waals surface area contributed by atoms with Gasteiger partial charge in [0.05, 0.1) is 0 Å². The molecule has 0 saturated heterocycles. The molecule has 0 rings (SSSR count). The molecule has 0 aliphatic heterocycles. The number of carbonyl (C=O) groups excluding carboxylic acids is 1. The third-order valence-corrected chi connectivity index (χ3v) is 1.94. The third-order valence-electron chi connectivity index (χ3n) is 1.38. The molecular formula is C9H14BrNO. The minimum absolute atomic E-state index is 0.103. The van der Waals surface area contributed by atoms with Crippen molar-refractivity contribution in [1.82, 2.24) is 5.32 Å². The van der Waals surface area contributed by atoms with Gasteiger partial charge in [0.25, 0.3) is 0 Å². The maximum Gasteiger partial charge on any atom is 0.220 e. The van der Waals surface area contributed by atoms with Gasteiger partial charge in [-0.15, -0.1) is 12.3 Å². The van der Waals surface area contributed by atoms with Crippen LogP contribution in [0.2, 0.25) is 0 Å². The van der Waals surface area contributed by atoms with Gasteiger partial charge < -0.3 is 5.32 Å². The average molecular weight is 232 g/mol. The number of hydrogen-bond donors (Lipinski definition) is 1. The lowest BCUT2D eigenvalue weighted by Crippen LogP contribution is -2.23. The Morgan fingerprint density at radius 1 is 1.50 bits per heavy atom. The van der Waals surface area contributed by atoms with E-state index < -0.39 is 0 Å². The van der Waals surface area contributed by atoms with Crippen molar-refractivity contribution in [3.05, 3.63) is 0 Å². The summed E-state index contributed by atoms with van der Waals surface area (Å²) in [6, 6.07) is 0. The quantitative estimate of drug-likeness (QED) is 0.421. The van der Waals surface area contributed by atoms with E-state index in [2.05, 4.69) is 27.2 Å². The molecule has 0 spiro atoms. The third kappa shape index (κ3) is 7.62. The Labute approximate surface area is 82.2 Å². The van der Waals surface area contributed by atoms with Crippen LogP contribution >= 0.6 is 15.9 Å². The van der Waals surface area contributed by atoms with Crippen LogP contribution in [0.3, 0.4) is 0 Å². The fourth-order valence-corrected chi connectivity index (χ4v) is 1.14. The van der Waals surface area contributed by atoms with E-state index in [1.165, 1.54) is 0 Å². The van der Waals surface area contributed by atoms with Crippen molar-refractivity contribution in [1.29, 1.82) is 0 Å². The molecule has 0 unspecified atom stereocenters. The number of terminal acetylenes is 1. The van der Waals surface area contributed by atoms with Crippen LogP contribution in [0.15, 0.2) is 0 Å². The van der Waals surface area contributed by atoms with E-state index >= 15 is 0 Å². The predicted molar refractivity (Wildman–Crippen MR) is 54.1 cm³/mol. The number of amides is 1. The van der Waals surface area contributed by atoms with Gasteiger partial charge >= 0.3 is 0 Å². The summed E-state index contributed by atoms with van der Waals surface area (Å²) in [7, 11) is 0. The van der Waals surface area contributed by atoms with Gasteiger partial charge in [-0.25, -0.2) is 0 Å². The van der Waals surface area contributed by atoms with Crippen molar-refractivity contribution >= 4 is 21.8 Å². The van der Waals surface area contributed by atoms with Crippen LogP contribution in [0.5, 0.6) is 0 Å². The molecule has 3 heteroatoms. The van der Waals surface area contributed by atoms with Crippen molar-refractivity contribution < 1.29 is 4.79 Å². The molecule has 0 aromatic rings. The molecule has 2 nitrogen and oxygen atoms in total. The molecule has 0 aliphatic rings. The molecule has 0 radical (unpaired) electrons. The van der Waals surface area contributed by atoms with Gasteiger partial charge in [0.1, 0.15) is 0 Å². The van der Waals surface area contributed by atoms with Gasteiger partial charge in [-0.05, 0) is 12.8 Å². The Bertz CT molecular complexity index is 162. The largest absolute Gasteiger partial charge is 0.355 e. The van der Waals surface area contributed by atoms with Gasteiger partial charge in [-0.2, -0.15) is 0 Å². The second-order valence-electron chi connectivity index (χ2n) is 2.45. The lowest BCUT2D eigenvalue weighted by molar-refractivity contribution is -0.121. The number of carbonyl (C=O) groups is 1. The zero-order chi connectivity index (χ0) is 9.23. The van der Waals surface area contributed by atoms with Gasteiger partial charge in [-0.1, -0.05) is 15.9 Å². The molecule has 0 heterocycles. The molecule has 0 saturated carbocycles. The van der Waals surface area contributed by atoms with Crippen molar-refractivity contribution in [3.8, 4) is 12.3 Å². The molecule has 68 valence electrons. The van der Waals surface area contributed by atoms with E-state index in [4.69, 9.17) is 6.42 Å². The zero-order valence-electron chi connectivity index (χ0n) is 7.11. The Balaban J connectivity index is 3.17. The lowest BCUT2D eigenvalue weighted by Gasteiger charge is -2.01. The number of nitrogens with one attached hydrogen (secondary N) is 1. The summed E-state index contributed by atoms with van der Waals surface area (Å²) in [5.74, 6) is 2.57. The molecule has 1 N–H and O–H groups in total. The lowest BCUT2D eigenvalue weighted by atomic mass is 10.2. The molecule has 1 amide bonds. The van der Waals surface area contributed by atoms with Gasteiger partial charge in [0, 0.05) is 24.7 Å². The summed E-state index contributed by atoms with van der Waals surface area (Å²) < 4.78 is 0. The first-order valence-electron chi connectivity index (χ1n) is 4.07. The topological polar surface area (TPSA) is 29.1 Å². The summed E-state index contributed by atoms with van der Waals surface area (Å²) in [6.45, 7) is 0.601. The summed E-state index contributed by atoms with van der Waals surface area (Å²) >= 11 is 3.31. The van der Waals surface area contributed by atoms with E-state index in [9.17, 15) is 4.79 Å². The predicted octanol–water partition coefficient (Wildman–Crippen LogP) is 1.69. The summed E-state index contributed by atoms with van der Waals surface area (Å²) in [4.78, 5) is 11.0. The molecule has 0 bridgehead atoms. The van der Waals surface area contributed by atoms with Gasteiger partial charge in [0.15, 0.2) is 0 Å². The van der Waals surface area contributed by atoms with Crippen LogP contribution in [0.4, 0.5) is 0 Å². The molecule has 0 atom stereocenters. The maximum atomic E-state index is 11.0. The monoisotopic (exact) mass is 231 g/mol. The van der Waals surface area contributed by atoms with Crippen LogP contribution in [0.1, 0.15) is 25.7 Å². The molecule has 12 heavy (non-hydrogen) atoms. The van der Waals surface area contributed by atoms with Crippen LogP contribution in [-0.4, -0.2) is 17.8 Å². The molecular weight excluding hydrogens is 218 g/mol. The molecule has 0 aromatic heterocycles. The van der Waals surface area contributed by atoms with E-state index in [1.54, 1.807) is 0 Å². The van der Waals surface area contributed by atoms with E-state index in [1.807, 2.05) is 0 Å². The highest BCUT2D eigenvalue weighted by atomic mass is 79.9. The number of halogens is 1. The Morgan fingerprint density at radius 2 is 2.25 bits per heavy atom. The average Bonchev–Trinajstić information content (AvgIpc) is 2.06. The van der Waals surface area contributed by atoms with Crippen molar-refractivity contribution in [2.45, 2.75) is 25.7 Å². The highest BCUT2D eigenvalue weighted by molar-refractivity contribution is 9.09. The minimum atomic E-state index is 0.103. The number of alkyl halides is 1. The van der Waals surface area contributed by atoms with E-state index in [0.717, 1.165) is 18.2 Å². The van der Waals surface area contributed by atoms with E-state index in [-0.39, 0.29) is 5.91 Å². The SMILES string of the molecule is C#CCCNC(=O)CCCCBr.